The largest absolute Gasteiger partial charge is 0.486 e. The number of nitrogens with one attached hydrogen (secondary N) is 2. The van der Waals surface area contributed by atoms with Gasteiger partial charge in [-0.2, -0.15) is 11.8 Å². The lowest BCUT2D eigenvalue weighted by Gasteiger charge is -2.11. The minimum Gasteiger partial charge on any atom is -0.486 e. The number of hydrogen-bond donors (Lipinski definition) is 2. The zero-order valence-corrected chi connectivity index (χ0v) is 23.2. The van der Waals surface area contributed by atoms with E-state index in [1.54, 1.807) is 6.26 Å². The smallest absolute Gasteiger partial charge is 0.236 e. The van der Waals surface area contributed by atoms with E-state index in [1.807, 2.05) is 83.7 Å². The first kappa shape index (κ1) is 28.6. The van der Waals surface area contributed by atoms with E-state index in [0.717, 1.165) is 39.8 Å². The van der Waals surface area contributed by atoms with Crippen LogP contribution in [0.15, 0.2) is 66.7 Å². The average molecular weight is 535 g/mol. The Labute approximate surface area is 227 Å². The predicted molar refractivity (Wildman–Crippen MR) is 154 cm³/mol. The second-order valence-electron chi connectivity index (χ2n) is 8.88. The summed E-state index contributed by atoms with van der Waals surface area (Å²) >= 11 is 1.38. The minimum atomic E-state index is -0.243. The second kappa shape index (κ2) is 14.1. The van der Waals surface area contributed by atoms with Crippen LogP contribution in [0.3, 0.4) is 0 Å². The number of ether oxygens (including phenoxy) is 2. The van der Waals surface area contributed by atoms with Gasteiger partial charge in [0.15, 0.2) is 0 Å². The summed E-state index contributed by atoms with van der Waals surface area (Å²) in [5.41, 5.74) is 4.22. The van der Waals surface area contributed by atoms with Crippen LogP contribution in [0.2, 0.25) is 0 Å². The van der Waals surface area contributed by atoms with E-state index < -0.39 is 0 Å². The van der Waals surface area contributed by atoms with E-state index in [0.29, 0.717) is 24.8 Å². The van der Waals surface area contributed by atoms with E-state index in [1.165, 1.54) is 17.3 Å². The molecule has 3 aromatic carbocycles. The summed E-state index contributed by atoms with van der Waals surface area (Å²) in [6, 6.07) is 22.4. The van der Waals surface area contributed by atoms with Gasteiger partial charge in [0.25, 0.3) is 0 Å². The van der Waals surface area contributed by atoms with Crippen molar-refractivity contribution in [1.82, 2.24) is 14.9 Å². The highest BCUT2D eigenvalue weighted by Crippen LogP contribution is 2.27. The molecular formula is C29H34N4O4S. The number of thioether (sulfide) groups is 1. The Morgan fingerprint density at radius 3 is 2.32 bits per heavy atom. The lowest BCUT2D eigenvalue weighted by Crippen LogP contribution is -2.22. The summed E-state index contributed by atoms with van der Waals surface area (Å²) < 4.78 is 14.0. The van der Waals surface area contributed by atoms with Crippen LogP contribution in [0.4, 0.5) is 5.69 Å². The van der Waals surface area contributed by atoms with Gasteiger partial charge in [0.1, 0.15) is 29.7 Å². The summed E-state index contributed by atoms with van der Waals surface area (Å²) in [4.78, 5) is 24.5. The van der Waals surface area contributed by atoms with Gasteiger partial charge >= 0.3 is 0 Å². The molecule has 0 bridgehead atoms. The van der Waals surface area contributed by atoms with Gasteiger partial charge in [-0.1, -0.05) is 17.7 Å². The van der Waals surface area contributed by atoms with Crippen LogP contribution in [0, 0.1) is 6.92 Å². The Hall–Kier alpha value is -3.98. The number of amides is 2. The molecule has 0 aliphatic carbocycles. The van der Waals surface area contributed by atoms with Crippen LogP contribution in [0.25, 0.3) is 11.0 Å². The molecule has 4 rings (SSSR count). The van der Waals surface area contributed by atoms with Gasteiger partial charge in [-0.05, 0) is 75.6 Å². The van der Waals surface area contributed by atoms with Crippen molar-refractivity contribution in [2.45, 2.75) is 33.4 Å². The first-order chi connectivity index (χ1) is 18.3. The van der Waals surface area contributed by atoms with Crippen molar-refractivity contribution < 1.29 is 19.1 Å². The highest BCUT2D eigenvalue weighted by Gasteiger charge is 2.10. The summed E-state index contributed by atoms with van der Waals surface area (Å²) in [5, 5.41) is 5.38. The number of rotatable bonds is 10. The minimum absolute atomic E-state index is 0.243. The van der Waals surface area contributed by atoms with Gasteiger partial charge in [0.2, 0.25) is 12.3 Å². The van der Waals surface area contributed by atoms with Crippen molar-refractivity contribution >= 4 is 40.8 Å². The molecule has 0 unspecified atom stereocenters. The second-order valence-corrected chi connectivity index (χ2v) is 9.75. The number of aromatic nitrogens is 2. The highest BCUT2D eigenvalue weighted by molar-refractivity contribution is 7.99. The molecule has 4 aromatic rings. The number of anilines is 1. The van der Waals surface area contributed by atoms with Crippen molar-refractivity contribution in [3.8, 4) is 17.2 Å². The van der Waals surface area contributed by atoms with E-state index in [-0.39, 0.29) is 5.91 Å². The fourth-order valence-corrected chi connectivity index (χ4v) is 3.87. The van der Waals surface area contributed by atoms with Crippen LogP contribution in [-0.4, -0.2) is 39.9 Å². The standard InChI is InChI=1S/C25H27N3O2.C4H7NO2S/c1-17(2)26-19-7-11-21(12-8-19)30-22-13-14-23-24(15-22)28(4)25(27-23)16-29-20-9-5-18(3)6-10-20;1-8-2-4(7)5-3-6/h5-15,17,26H,16H2,1-4H3;3H,2H2,1H3,(H,5,6,7). The Bertz CT molecular complexity index is 1340. The molecule has 38 heavy (non-hydrogen) atoms. The van der Waals surface area contributed by atoms with Crippen molar-refractivity contribution in [3.05, 3.63) is 78.1 Å². The van der Waals surface area contributed by atoms with Crippen molar-refractivity contribution in [1.29, 1.82) is 0 Å². The van der Waals surface area contributed by atoms with Gasteiger partial charge in [-0.3, -0.25) is 14.9 Å². The molecule has 0 saturated carbocycles. The van der Waals surface area contributed by atoms with E-state index in [9.17, 15) is 9.59 Å². The molecular weight excluding hydrogens is 500 g/mol. The fraction of sp³-hybridized carbons (Fsp3) is 0.276. The van der Waals surface area contributed by atoms with Gasteiger partial charge in [-0.25, -0.2) is 4.98 Å². The van der Waals surface area contributed by atoms with E-state index in [2.05, 4.69) is 26.1 Å². The first-order valence-corrected chi connectivity index (χ1v) is 13.6. The van der Waals surface area contributed by atoms with Crippen molar-refractivity contribution in [2.24, 2.45) is 7.05 Å². The van der Waals surface area contributed by atoms with Crippen LogP contribution in [0.5, 0.6) is 17.2 Å². The van der Waals surface area contributed by atoms with E-state index >= 15 is 0 Å². The molecule has 0 aliphatic rings. The van der Waals surface area contributed by atoms with E-state index in [4.69, 9.17) is 14.5 Å². The number of hydrogen-bond acceptors (Lipinski definition) is 7. The van der Waals surface area contributed by atoms with Crippen LogP contribution < -0.4 is 20.1 Å². The summed E-state index contributed by atoms with van der Waals surface area (Å²) in [5.74, 6) is 3.39. The molecule has 2 amide bonds. The normalized spacial score (nSPS) is 10.5. The van der Waals surface area contributed by atoms with Gasteiger partial charge < -0.3 is 19.4 Å². The number of carbonyl (C=O) groups excluding carboxylic acids is 2. The molecule has 8 nitrogen and oxygen atoms in total. The Balaban J connectivity index is 0.000000436. The number of imide groups is 1. The number of aryl methyl sites for hydroxylation is 2. The quantitative estimate of drug-likeness (QED) is 0.252. The molecule has 1 heterocycles. The number of fused-ring (bicyclic) bond motifs is 1. The van der Waals surface area contributed by atoms with Crippen molar-refractivity contribution in [3.63, 3.8) is 0 Å². The summed E-state index contributed by atoms with van der Waals surface area (Å²) in [6.07, 6.45) is 2.18. The highest BCUT2D eigenvalue weighted by atomic mass is 32.2. The van der Waals surface area contributed by atoms with Gasteiger partial charge in [0.05, 0.1) is 16.8 Å². The molecule has 1 aromatic heterocycles. The SMILES string of the molecule is CSCC(=O)NC=O.Cc1ccc(OCc2nc3ccc(Oc4ccc(NC(C)C)cc4)cc3n2C)cc1. The van der Waals surface area contributed by atoms with Gasteiger partial charge in [-0.15, -0.1) is 0 Å². The zero-order chi connectivity index (χ0) is 27.5. The van der Waals surface area contributed by atoms with Crippen molar-refractivity contribution in [2.75, 3.05) is 17.3 Å². The van der Waals surface area contributed by atoms with Crippen LogP contribution in [-0.2, 0) is 23.2 Å². The third-order valence-electron chi connectivity index (χ3n) is 5.37. The molecule has 0 aliphatic heterocycles. The number of benzene rings is 3. The Morgan fingerprint density at radius 2 is 1.68 bits per heavy atom. The molecule has 0 atom stereocenters. The number of imidazole rings is 1. The topological polar surface area (TPSA) is 94.5 Å². The fourth-order valence-electron chi connectivity index (χ4n) is 3.52. The first-order valence-electron chi connectivity index (χ1n) is 12.2. The molecule has 2 N–H and O–H groups in total. The summed E-state index contributed by atoms with van der Waals surface area (Å²) in [7, 11) is 2.00. The van der Waals surface area contributed by atoms with Crippen LogP contribution >= 0.6 is 11.8 Å². The maximum atomic E-state index is 10.3. The van der Waals surface area contributed by atoms with Crippen LogP contribution in [0.1, 0.15) is 25.2 Å². The monoisotopic (exact) mass is 534 g/mol. The lowest BCUT2D eigenvalue weighted by molar-refractivity contribution is -0.123. The third-order valence-corrected chi connectivity index (χ3v) is 5.93. The third kappa shape index (κ3) is 8.55. The average Bonchev–Trinajstić information content (AvgIpc) is 3.20. The lowest BCUT2D eigenvalue weighted by atomic mass is 10.2. The molecule has 9 heteroatoms. The summed E-state index contributed by atoms with van der Waals surface area (Å²) in [6.45, 7) is 6.71. The molecule has 0 radical (unpaired) electrons. The molecule has 0 spiro atoms. The molecule has 0 fully saturated rings. The number of carbonyl (C=O) groups is 2. The zero-order valence-electron chi connectivity index (χ0n) is 22.4. The van der Waals surface area contributed by atoms with Gasteiger partial charge in [0, 0.05) is 24.8 Å². The maximum Gasteiger partial charge on any atom is 0.236 e. The Morgan fingerprint density at radius 1 is 1.03 bits per heavy atom. The number of nitrogens with zero attached hydrogens (tertiary/aromatic N) is 2. The maximum absolute atomic E-state index is 10.3. The molecule has 0 saturated heterocycles. The molecule has 200 valence electrons. The Kier molecular flexibility index (Phi) is 10.6. The predicted octanol–water partition coefficient (Wildman–Crippen LogP) is 5.70.